The van der Waals surface area contributed by atoms with E-state index in [2.05, 4.69) is 15.9 Å². The number of rotatable bonds is 2. The molecule has 0 radical (unpaired) electrons. The van der Waals surface area contributed by atoms with Crippen LogP contribution in [0.1, 0.15) is 12.0 Å². The van der Waals surface area contributed by atoms with Crippen LogP contribution in [0.25, 0.3) is 5.57 Å². The van der Waals surface area contributed by atoms with Crippen molar-refractivity contribution >= 4 is 37.6 Å². The van der Waals surface area contributed by atoms with E-state index in [1.54, 1.807) is 18.2 Å². The first-order valence-corrected chi connectivity index (χ1v) is 6.58. The topological polar surface area (TPSA) is 51.2 Å². The van der Waals surface area contributed by atoms with Crippen LogP contribution in [0, 0.1) is 0 Å². The first-order chi connectivity index (χ1) is 7.04. The molecule has 2 rings (SSSR count). The van der Waals surface area contributed by atoms with Crippen molar-refractivity contribution < 1.29 is 13.2 Å². The number of carbonyl (C=O) groups is 1. The summed E-state index contributed by atoms with van der Waals surface area (Å²) in [4.78, 5) is 10.7. The largest absolute Gasteiger partial charge is 0.303 e. The van der Waals surface area contributed by atoms with Gasteiger partial charge in [0.25, 0.3) is 0 Å². The summed E-state index contributed by atoms with van der Waals surface area (Å²) in [7, 11) is -3.35. The molecule has 0 fully saturated rings. The van der Waals surface area contributed by atoms with E-state index >= 15 is 0 Å². The predicted octanol–water partition coefficient (Wildman–Crippen LogP) is 2.17. The van der Waals surface area contributed by atoms with Crippen LogP contribution in [0.3, 0.4) is 0 Å². The molecule has 3 nitrogen and oxygen atoms in total. The first kappa shape index (κ1) is 10.6. The van der Waals surface area contributed by atoms with Crippen LogP contribution in [0.4, 0.5) is 0 Å². The number of hydrogen-bond donors (Lipinski definition) is 0. The maximum Gasteiger partial charge on any atom is 0.200 e. The zero-order valence-electron chi connectivity index (χ0n) is 7.60. The zero-order valence-corrected chi connectivity index (χ0v) is 10.0. The number of fused-ring (bicyclic) bond motifs is 1. The molecule has 0 aliphatic carbocycles. The summed E-state index contributed by atoms with van der Waals surface area (Å²) >= 11 is 3.22. The summed E-state index contributed by atoms with van der Waals surface area (Å²) in [5.74, 6) is 0. The number of carbonyl (C=O) groups excluding carboxylic acids is 1. The Morgan fingerprint density at radius 2 is 2.07 bits per heavy atom. The summed E-state index contributed by atoms with van der Waals surface area (Å²) in [5, 5.41) is 1.17. The molecule has 0 amide bonds. The molecule has 0 unspecified atom stereocenters. The minimum absolute atomic E-state index is 0.133. The van der Waals surface area contributed by atoms with Gasteiger partial charge in [-0.15, -0.1) is 0 Å². The molecule has 0 spiro atoms. The Morgan fingerprint density at radius 3 is 2.73 bits per heavy atom. The molecule has 1 aromatic rings. The van der Waals surface area contributed by atoms with Crippen molar-refractivity contribution in [1.82, 2.24) is 0 Å². The van der Waals surface area contributed by atoms with Crippen LogP contribution in [0.15, 0.2) is 33.0 Å². The summed E-state index contributed by atoms with van der Waals surface area (Å²) in [6.07, 6.45) is 0.840. The van der Waals surface area contributed by atoms with E-state index in [4.69, 9.17) is 0 Å². The lowest BCUT2D eigenvalue weighted by atomic mass is 10.1. The number of halogens is 1. The van der Waals surface area contributed by atoms with Gasteiger partial charge >= 0.3 is 0 Å². The van der Waals surface area contributed by atoms with Crippen molar-refractivity contribution in [3.8, 4) is 0 Å². The number of benzene rings is 1. The fourth-order valence-electron chi connectivity index (χ4n) is 1.56. The van der Waals surface area contributed by atoms with Gasteiger partial charge in [0.2, 0.25) is 9.84 Å². The quantitative estimate of drug-likeness (QED) is 0.783. The Hall–Kier alpha value is -0.940. The fourth-order valence-corrected chi connectivity index (χ4v) is 3.59. The Balaban J connectivity index is 2.67. The van der Waals surface area contributed by atoms with Crippen LogP contribution < -0.4 is 0 Å². The van der Waals surface area contributed by atoms with E-state index < -0.39 is 9.84 Å². The van der Waals surface area contributed by atoms with Gasteiger partial charge in [0.1, 0.15) is 6.29 Å². The van der Waals surface area contributed by atoms with Crippen LogP contribution in [-0.2, 0) is 14.6 Å². The van der Waals surface area contributed by atoms with Gasteiger partial charge in [0.05, 0.1) is 4.90 Å². The lowest BCUT2D eigenvalue weighted by Crippen LogP contribution is -1.92. The van der Waals surface area contributed by atoms with E-state index in [9.17, 15) is 13.2 Å². The van der Waals surface area contributed by atoms with Crippen molar-refractivity contribution in [2.24, 2.45) is 0 Å². The van der Waals surface area contributed by atoms with E-state index in [0.717, 1.165) is 0 Å². The molecule has 1 aromatic carbocycles. The van der Waals surface area contributed by atoms with Crippen molar-refractivity contribution in [3.63, 3.8) is 0 Å². The van der Waals surface area contributed by atoms with E-state index in [0.29, 0.717) is 21.9 Å². The molecule has 5 heteroatoms. The Bertz CT molecular complexity index is 558. The summed E-state index contributed by atoms with van der Waals surface area (Å²) in [6.45, 7) is 0. The number of hydrogen-bond acceptors (Lipinski definition) is 3. The zero-order chi connectivity index (χ0) is 11.1. The van der Waals surface area contributed by atoms with Crippen molar-refractivity contribution in [2.75, 3.05) is 0 Å². The van der Waals surface area contributed by atoms with Gasteiger partial charge in [-0.25, -0.2) is 8.42 Å². The second-order valence-corrected chi connectivity index (χ2v) is 5.88. The molecule has 0 saturated carbocycles. The van der Waals surface area contributed by atoms with E-state index in [1.165, 1.54) is 5.41 Å². The van der Waals surface area contributed by atoms with Crippen LogP contribution in [-0.4, -0.2) is 14.7 Å². The third-order valence-corrected chi connectivity index (χ3v) is 4.24. The third-order valence-electron chi connectivity index (χ3n) is 2.20. The van der Waals surface area contributed by atoms with Gasteiger partial charge < -0.3 is 4.79 Å². The van der Waals surface area contributed by atoms with Gasteiger partial charge in [0.15, 0.2) is 0 Å². The molecule has 1 aliphatic heterocycles. The molecule has 0 aromatic heterocycles. The number of aldehydes is 1. The molecule has 1 heterocycles. The first-order valence-electron chi connectivity index (χ1n) is 4.24. The van der Waals surface area contributed by atoms with Crippen LogP contribution >= 0.6 is 15.9 Å². The van der Waals surface area contributed by atoms with Gasteiger partial charge in [-0.3, -0.25) is 0 Å². The predicted molar refractivity (Wildman–Crippen MR) is 60.0 cm³/mol. The van der Waals surface area contributed by atoms with Crippen LogP contribution in [0.2, 0.25) is 0 Å². The van der Waals surface area contributed by atoms with Crippen molar-refractivity contribution in [1.29, 1.82) is 0 Å². The highest BCUT2D eigenvalue weighted by Crippen LogP contribution is 2.36. The third kappa shape index (κ3) is 1.77. The smallest absolute Gasteiger partial charge is 0.200 e. The molecule has 78 valence electrons. The SMILES string of the molecule is O=CCC1=CS(=O)(=O)c2cc(Br)ccc21. The minimum Gasteiger partial charge on any atom is -0.303 e. The number of sulfone groups is 1. The van der Waals surface area contributed by atoms with Gasteiger partial charge in [0, 0.05) is 16.3 Å². The highest BCUT2D eigenvalue weighted by atomic mass is 79.9. The Labute approximate surface area is 95.9 Å². The maximum absolute atomic E-state index is 11.7. The molecular weight excluding hydrogens is 280 g/mol. The average molecular weight is 287 g/mol. The molecule has 0 atom stereocenters. The molecule has 0 N–H and O–H groups in total. The Morgan fingerprint density at radius 1 is 1.33 bits per heavy atom. The highest BCUT2D eigenvalue weighted by Gasteiger charge is 2.26. The molecule has 1 aliphatic rings. The molecular formula is C10H7BrO3S. The molecule has 0 bridgehead atoms. The summed E-state index contributed by atoms with van der Waals surface area (Å²) in [6, 6.07) is 5.02. The van der Waals surface area contributed by atoms with Gasteiger partial charge in [-0.05, 0) is 23.3 Å². The highest BCUT2D eigenvalue weighted by molar-refractivity contribution is 9.10. The lowest BCUT2D eigenvalue weighted by Gasteiger charge is -2.01. The normalized spacial score (nSPS) is 17.0. The van der Waals surface area contributed by atoms with Crippen molar-refractivity contribution in [3.05, 3.63) is 33.6 Å². The summed E-state index contributed by atoms with van der Waals surface area (Å²) in [5.41, 5.74) is 1.19. The summed E-state index contributed by atoms with van der Waals surface area (Å²) < 4.78 is 24.1. The van der Waals surface area contributed by atoms with E-state index in [1.807, 2.05) is 0 Å². The Kier molecular flexibility index (Phi) is 2.52. The standard InChI is InChI=1S/C10H7BrO3S/c11-8-1-2-9-7(3-4-12)6-15(13,14)10(9)5-8/h1-2,4-6H,3H2. The number of allylic oxidation sites excluding steroid dienone is 1. The van der Waals surface area contributed by atoms with Crippen LogP contribution in [0.5, 0.6) is 0 Å². The average Bonchev–Trinajstić information content (AvgIpc) is 2.39. The van der Waals surface area contributed by atoms with Gasteiger partial charge in [-0.1, -0.05) is 22.0 Å². The second-order valence-electron chi connectivity index (χ2n) is 3.20. The lowest BCUT2D eigenvalue weighted by molar-refractivity contribution is -0.107. The fraction of sp³-hybridized carbons (Fsp3) is 0.100. The maximum atomic E-state index is 11.7. The van der Waals surface area contributed by atoms with Crippen molar-refractivity contribution in [2.45, 2.75) is 11.3 Å². The minimum atomic E-state index is -3.35. The van der Waals surface area contributed by atoms with Gasteiger partial charge in [-0.2, -0.15) is 0 Å². The monoisotopic (exact) mass is 286 g/mol. The molecule has 15 heavy (non-hydrogen) atoms. The van der Waals surface area contributed by atoms with E-state index in [-0.39, 0.29) is 11.3 Å². The molecule has 0 saturated heterocycles. The second kappa shape index (κ2) is 3.57.